The van der Waals surface area contributed by atoms with Crippen LogP contribution in [0, 0.1) is 5.92 Å². The van der Waals surface area contributed by atoms with E-state index < -0.39 is 6.04 Å². The maximum atomic E-state index is 11.5. The minimum atomic E-state index is -0.418. The zero-order valence-electron chi connectivity index (χ0n) is 11.2. The van der Waals surface area contributed by atoms with Crippen LogP contribution in [0.3, 0.4) is 0 Å². The molecule has 1 unspecified atom stereocenters. The highest BCUT2D eigenvalue weighted by Crippen LogP contribution is 2.07. The van der Waals surface area contributed by atoms with E-state index in [0.29, 0.717) is 18.9 Å². The molecule has 18 heavy (non-hydrogen) atoms. The Morgan fingerprint density at radius 2 is 1.94 bits per heavy atom. The third kappa shape index (κ3) is 5.29. The van der Waals surface area contributed by atoms with Gasteiger partial charge in [0.15, 0.2) is 0 Å². The summed E-state index contributed by atoms with van der Waals surface area (Å²) < 4.78 is 4.73. The summed E-state index contributed by atoms with van der Waals surface area (Å²) in [4.78, 5) is 16.9. The van der Waals surface area contributed by atoms with Gasteiger partial charge in [-0.3, -0.25) is 9.63 Å². The first-order chi connectivity index (χ1) is 8.63. The molecule has 0 saturated carbocycles. The quantitative estimate of drug-likeness (QED) is 0.596. The van der Waals surface area contributed by atoms with Crippen molar-refractivity contribution in [1.29, 1.82) is 0 Å². The highest BCUT2D eigenvalue weighted by atomic mass is 16.6. The zero-order valence-corrected chi connectivity index (χ0v) is 11.2. The number of hydroxylamine groups is 1. The fraction of sp³-hybridized carbons (Fsp3) is 0.500. The Kier molecular flexibility index (Phi) is 6.39. The van der Waals surface area contributed by atoms with Crippen LogP contribution in [0.1, 0.15) is 25.8 Å². The SMILES string of the molecule is COC(=O)C(CC(C)C)NOCc1ccccc1. The normalized spacial score (nSPS) is 12.4. The molecule has 4 nitrogen and oxygen atoms in total. The van der Waals surface area contributed by atoms with Gasteiger partial charge in [0.25, 0.3) is 0 Å². The van der Waals surface area contributed by atoms with E-state index in [1.807, 2.05) is 30.3 Å². The number of ether oxygens (including phenoxy) is 1. The van der Waals surface area contributed by atoms with Crippen molar-refractivity contribution in [1.82, 2.24) is 5.48 Å². The zero-order chi connectivity index (χ0) is 13.4. The molecular formula is C14H21NO3. The van der Waals surface area contributed by atoms with Crippen molar-refractivity contribution in [2.75, 3.05) is 7.11 Å². The van der Waals surface area contributed by atoms with Crippen LogP contribution in [-0.4, -0.2) is 19.1 Å². The summed E-state index contributed by atoms with van der Waals surface area (Å²) in [7, 11) is 1.38. The second-order valence-electron chi connectivity index (χ2n) is 4.60. The molecule has 0 radical (unpaired) electrons. The van der Waals surface area contributed by atoms with E-state index in [-0.39, 0.29) is 5.97 Å². The van der Waals surface area contributed by atoms with E-state index in [2.05, 4.69) is 19.3 Å². The lowest BCUT2D eigenvalue weighted by molar-refractivity contribution is -0.149. The average molecular weight is 251 g/mol. The van der Waals surface area contributed by atoms with E-state index in [1.54, 1.807) is 0 Å². The van der Waals surface area contributed by atoms with Gasteiger partial charge >= 0.3 is 5.97 Å². The molecule has 0 aromatic heterocycles. The van der Waals surface area contributed by atoms with Crippen LogP contribution >= 0.6 is 0 Å². The molecule has 0 bridgehead atoms. The Morgan fingerprint density at radius 3 is 2.50 bits per heavy atom. The summed E-state index contributed by atoms with van der Waals surface area (Å²) in [6, 6.07) is 9.37. The Morgan fingerprint density at radius 1 is 1.28 bits per heavy atom. The van der Waals surface area contributed by atoms with Crippen LogP contribution in [0.2, 0.25) is 0 Å². The molecule has 0 aliphatic rings. The van der Waals surface area contributed by atoms with E-state index in [4.69, 9.17) is 9.57 Å². The molecule has 0 heterocycles. The fourth-order valence-corrected chi connectivity index (χ4v) is 1.61. The topological polar surface area (TPSA) is 47.6 Å². The summed E-state index contributed by atoms with van der Waals surface area (Å²) in [5.74, 6) is 0.0960. The van der Waals surface area contributed by atoms with Gasteiger partial charge in [-0.15, -0.1) is 0 Å². The standard InChI is InChI=1S/C14H21NO3/c1-11(2)9-13(14(16)17-3)15-18-10-12-7-5-4-6-8-12/h4-8,11,13,15H,9-10H2,1-3H3. The van der Waals surface area contributed by atoms with Gasteiger partial charge in [-0.1, -0.05) is 44.2 Å². The monoisotopic (exact) mass is 251 g/mol. The van der Waals surface area contributed by atoms with Crippen LogP contribution in [0.15, 0.2) is 30.3 Å². The minimum absolute atomic E-state index is 0.295. The number of carbonyl (C=O) groups is 1. The van der Waals surface area contributed by atoms with Crippen molar-refractivity contribution >= 4 is 5.97 Å². The van der Waals surface area contributed by atoms with Crippen molar-refractivity contribution in [3.05, 3.63) is 35.9 Å². The van der Waals surface area contributed by atoms with Gasteiger partial charge in [-0.05, 0) is 17.9 Å². The lowest BCUT2D eigenvalue weighted by atomic mass is 10.0. The van der Waals surface area contributed by atoms with Gasteiger partial charge in [0.2, 0.25) is 0 Å². The number of benzene rings is 1. The first-order valence-corrected chi connectivity index (χ1v) is 6.12. The van der Waals surface area contributed by atoms with Gasteiger partial charge in [0.1, 0.15) is 6.04 Å². The van der Waals surface area contributed by atoms with E-state index in [1.165, 1.54) is 7.11 Å². The summed E-state index contributed by atoms with van der Waals surface area (Å²) in [6.45, 7) is 4.52. The number of methoxy groups -OCH3 is 1. The summed E-state index contributed by atoms with van der Waals surface area (Å²) in [5.41, 5.74) is 3.83. The summed E-state index contributed by atoms with van der Waals surface area (Å²) in [5, 5.41) is 0. The second kappa shape index (κ2) is 7.84. The van der Waals surface area contributed by atoms with Crippen LogP contribution in [0.25, 0.3) is 0 Å². The number of hydrogen-bond donors (Lipinski definition) is 1. The second-order valence-corrected chi connectivity index (χ2v) is 4.60. The maximum Gasteiger partial charge on any atom is 0.325 e. The van der Waals surface area contributed by atoms with Crippen molar-refractivity contribution in [2.45, 2.75) is 32.9 Å². The number of nitrogens with one attached hydrogen (secondary N) is 1. The van der Waals surface area contributed by atoms with Crippen LogP contribution in [-0.2, 0) is 21.0 Å². The molecule has 1 rings (SSSR count). The molecule has 100 valence electrons. The van der Waals surface area contributed by atoms with Gasteiger partial charge in [-0.2, -0.15) is 5.48 Å². The fourth-order valence-electron chi connectivity index (χ4n) is 1.61. The summed E-state index contributed by atoms with van der Waals surface area (Å²) in [6.07, 6.45) is 0.682. The van der Waals surface area contributed by atoms with Crippen LogP contribution < -0.4 is 5.48 Å². The Labute approximate surface area is 108 Å². The molecule has 1 aromatic carbocycles. The molecular weight excluding hydrogens is 230 g/mol. The van der Waals surface area contributed by atoms with Gasteiger partial charge in [0, 0.05) is 0 Å². The molecule has 0 saturated heterocycles. The van der Waals surface area contributed by atoms with E-state index in [0.717, 1.165) is 5.56 Å². The Bertz CT molecular complexity index is 351. The van der Waals surface area contributed by atoms with Gasteiger partial charge < -0.3 is 4.74 Å². The molecule has 0 aliphatic heterocycles. The van der Waals surface area contributed by atoms with E-state index in [9.17, 15) is 4.79 Å². The molecule has 0 amide bonds. The average Bonchev–Trinajstić information content (AvgIpc) is 2.37. The molecule has 1 aromatic rings. The van der Waals surface area contributed by atoms with Crippen LogP contribution in [0.4, 0.5) is 0 Å². The highest BCUT2D eigenvalue weighted by Gasteiger charge is 2.20. The molecule has 0 aliphatic carbocycles. The first kappa shape index (κ1) is 14.7. The van der Waals surface area contributed by atoms with Gasteiger partial charge in [-0.25, -0.2) is 0 Å². The van der Waals surface area contributed by atoms with Crippen molar-refractivity contribution in [3.8, 4) is 0 Å². The van der Waals surface area contributed by atoms with Crippen molar-refractivity contribution in [3.63, 3.8) is 0 Å². The third-order valence-corrected chi connectivity index (χ3v) is 2.50. The predicted octanol–water partition coefficient (Wildman–Crippen LogP) is 2.30. The first-order valence-electron chi connectivity index (χ1n) is 6.12. The number of hydrogen-bond acceptors (Lipinski definition) is 4. The summed E-state index contributed by atoms with van der Waals surface area (Å²) >= 11 is 0. The van der Waals surface area contributed by atoms with Crippen molar-refractivity contribution < 1.29 is 14.4 Å². The Hall–Kier alpha value is -1.39. The molecule has 0 spiro atoms. The largest absolute Gasteiger partial charge is 0.468 e. The molecule has 4 heteroatoms. The number of rotatable bonds is 7. The van der Waals surface area contributed by atoms with E-state index >= 15 is 0 Å². The van der Waals surface area contributed by atoms with Crippen molar-refractivity contribution in [2.24, 2.45) is 5.92 Å². The van der Waals surface area contributed by atoms with Crippen LogP contribution in [0.5, 0.6) is 0 Å². The number of esters is 1. The third-order valence-electron chi connectivity index (χ3n) is 2.50. The predicted molar refractivity (Wildman–Crippen MR) is 69.6 cm³/mol. The maximum absolute atomic E-state index is 11.5. The van der Waals surface area contributed by atoms with Gasteiger partial charge in [0.05, 0.1) is 13.7 Å². The molecule has 1 N–H and O–H groups in total. The highest BCUT2D eigenvalue weighted by molar-refractivity contribution is 5.75. The lowest BCUT2D eigenvalue weighted by Crippen LogP contribution is -2.38. The minimum Gasteiger partial charge on any atom is -0.468 e. The molecule has 0 fully saturated rings. The number of carbonyl (C=O) groups excluding carboxylic acids is 1. The lowest BCUT2D eigenvalue weighted by Gasteiger charge is -2.17. The Balaban J connectivity index is 2.40. The smallest absolute Gasteiger partial charge is 0.325 e. The molecule has 1 atom stereocenters.